The Kier molecular flexibility index (Phi) is 7.11. The fourth-order valence-electron chi connectivity index (χ4n) is 1.83. The molecule has 2 N–H and O–H groups in total. The molecule has 1 rings (SSSR count). The Bertz CT molecular complexity index is 346. The van der Waals surface area contributed by atoms with Crippen molar-refractivity contribution in [3.05, 3.63) is 35.4 Å². The number of unbranched alkanes of at least 4 members (excludes halogenated alkanes) is 3. The van der Waals surface area contributed by atoms with Gasteiger partial charge in [0.05, 0.1) is 0 Å². The van der Waals surface area contributed by atoms with Gasteiger partial charge in [-0.1, -0.05) is 38.3 Å². The summed E-state index contributed by atoms with van der Waals surface area (Å²) in [5.74, 6) is -0.0333. The Morgan fingerprint density at radius 3 is 2.44 bits per heavy atom. The molecule has 0 aliphatic rings. The second kappa shape index (κ2) is 8.70. The van der Waals surface area contributed by atoms with Crippen LogP contribution in [0.4, 0.5) is 0 Å². The van der Waals surface area contributed by atoms with Crippen molar-refractivity contribution in [3.63, 3.8) is 0 Å². The lowest BCUT2D eigenvalue weighted by molar-refractivity contribution is 0.0963. The molecule has 0 fully saturated rings. The van der Waals surface area contributed by atoms with Crippen LogP contribution >= 0.6 is 0 Å². The van der Waals surface area contributed by atoms with Crippen LogP contribution in [0.3, 0.4) is 0 Å². The second-order valence-electron chi connectivity index (χ2n) is 4.51. The third-order valence-corrected chi connectivity index (χ3v) is 2.98. The Labute approximate surface area is 110 Å². The molecule has 0 aliphatic heterocycles. The molecule has 0 aromatic heterocycles. The van der Waals surface area contributed by atoms with Crippen LogP contribution in [-0.4, -0.2) is 19.5 Å². The molecule has 1 amide bonds. The van der Waals surface area contributed by atoms with E-state index in [1.807, 2.05) is 24.3 Å². The number of carbonyl (C=O) groups excluding carboxylic acids is 1. The van der Waals surface area contributed by atoms with E-state index in [-0.39, 0.29) is 5.91 Å². The van der Waals surface area contributed by atoms with Gasteiger partial charge >= 0.3 is 0 Å². The third kappa shape index (κ3) is 5.32. The Balaban J connectivity index is 2.25. The molecular formula is C15H24N2O. The van der Waals surface area contributed by atoms with E-state index in [0.717, 1.165) is 13.1 Å². The first-order chi connectivity index (χ1) is 8.77. The van der Waals surface area contributed by atoms with E-state index in [1.54, 1.807) is 7.05 Å². The quantitative estimate of drug-likeness (QED) is 0.695. The Morgan fingerprint density at radius 1 is 1.11 bits per heavy atom. The summed E-state index contributed by atoms with van der Waals surface area (Å²) in [5.41, 5.74) is 1.93. The molecule has 0 saturated carbocycles. The van der Waals surface area contributed by atoms with Crippen LogP contribution in [0, 0.1) is 0 Å². The number of nitrogens with one attached hydrogen (secondary N) is 2. The lowest BCUT2D eigenvalue weighted by Crippen LogP contribution is -2.18. The lowest BCUT2D eigenvalue weighted by Gasteiger charge is -2.06. The molecule has 0 radical (unpaired) electrons. The Hall–Kier alpha value is -1.35. The van der Waals surface area contributed by atoms with Gasteiger partial charge in [-0.3, -0.25) is 4.79 Å². The van der Waals surface area contributed by atoms with Crippen LogP contribution < -0.4 is 10.6 Å². The summed E-state index contributed by atoms with van der Waals surface area (Å²) in [7, 11) is 1.65. The topological polar surface area (TPSA) is 41.1 Å². The van der Waals surface area contributed by atoms with Crippen molar-refractivity contribution in [2.75, 3.05) is 13.6 Å². The molecule has 0 saturated heterocycles. The summed E-state index contributed by atoms with van der Waals surface area (Å²) < 4.78 is 0. The van der Waals surface area contributed by atoms with Crippen LogP contribution in [0.2, 0.25) is 0 Å². The van der Waals surface area contributed by atoms with Gasteiger partial charge in [0, 0.05) is 19.2 Å². The highest BCUT2D eigenvalue weighted by molar-refractivity contribution is 5.93. The monoisotopic (exact) mass is 248 g/mol. The number of hydrogen-bond acceptors (Lipinski definition) is 2. The summed E-state index contributed by atoms with van der Waals surface area (Å²) in [6, 6.07) is 7.74. The largest absolute Gasteiger partial charge is 0.355 e. The van der Waals surface area contributed by atoms with Crippen molar-refractivity contribution in [1.29, 1.82) is 0 Å². The molecule has 3 heteroatoms. The predicted molar refractivity (Wildman–Crippen MR) is 75.7 cm³/mol. The molecule has 0 heterocycles. The van der Waals surface area contributed by atoms with Crippen molar-refractivity contribution in [1.82, 2.24) is 10.6 Å². The molecule has 0 spiro atoms. The number of rotatable bonds is 8. The van der Waals surface area contributed by atoms with Gasteiger partial charge < -0.3 is 10.6 Å². The van der Waals surface area contributed by atoms with Gasteiger partial charge in [0.1, 0.15) is 0 Å². The third-order valence-electron chi connectivity index (χ3n) is 2.98. The zero-order valence-corrected chi connectivity index (χ0v) is 11.5. The molecule has 100 valence electrons. The first-order valence-electron chi connectivity index (χ1n) is 6.79. The number of carbonyl (C=O) groups is 1. The summed E-state index contributed by atoms with van der Waals surface area (Å²) in [6.07, 6.45) is 5.15. The molecule has 0 atom stereocenters. The molecular weight excluding hydrogens is 224 g/mol. The van der Waals surface area contributed by atoms with E-state index in [0.29, 0.717) is 5.56 Å². The first-order valence-corrected chi connectivity index (χ1v) is 6.79. The molecule has 3 nitrogen and oxygen atoms in total. The smallest absolute Gasteiger partial charge is 0.251 e. The molecule has 0 aliphatic carbocycles. The molecule has 18 heavy (non-hydrogen) atoms. The zero-order chi connectivity index (χ0) is 13.2. The fraction of sp³-hybridized carbons (Fsp3) is 0.533. The fourth-order valence-corrected chi connectivity index (χ4v) is 1.83. The van der Waals surface area contributed by atoms with E-state index in [2.05, 4.69) is 17.6 Å². The van der Waals surface area contributed by atoms with Gasteiger partial charge in [-0.15, -0.1) is 0 Å². The maximum Gasteiger partial charge on any atom is 0.251 e. The highest BCUT2D eigenvalue weighted by Gasteiger charge is 2.01. The van der Waals surface area contributed by atoms with Gasteiger partial charge in [0.25, 0.3) is 5.91 Å². The highest BCUT2D eigenvalue weighted by atomic mass is 16.1. The average Bonchev–Trinajstić information content (AvgIpc) is 2.42. The number of amides is 1. The summed E-state index contributed by atoms with van der Waals surface area (Å²) >= 11 is 0. The minimum absolute atomic E-state index is 0.0333. The van der Waals surface area contributed by atoms with Crippen LogP contribution in [0.15, 0.2) is 24.3 Å². The minimum atomic E-state index is -0.0333. The van der Waals surface area contributed by atoms with Gasteiger partial charge in [0.2, 0.25) is 0 Å². The maximum atomic E-state index is 11.4. The van der Waals surface area contributed by atoms with Gasteiger partial charge in [-0.25, -0.2) is 0 Å². The molecule has 0 bridgehead atoms. The summed E-state index contributed by atoms with van der Waals surface area (Å²) in [5, 5.41) is 6.04. The van der Waals surface area contributed by atoms with E-state index >= 15 is 0 Å². The summed E-state index contributed by atoms with van der Waals surface area (Å²) in [6.45, 7) is 4.17. The molecule has 0 unspecified atom stereocenters. The second-order valence-corrected chi connectivity index (χ2v) is 4.51. The first kappa shape index (κ1) is 14.7. The molecule has 1 aromatic carbocycles. The zero-order valence-electron chi connectivity index (χ0n) is 11.5. The average molecular weight is 248 g/mol. The molecule has 1 aromatic rings. The normalized spacial score (nSPS) is 10.3. The van der Waals surface area contributed by atoms with E-state index in [9.17, 15) is 4.79 Å². The van der Waals surface area contributed by atoms with E-state index in [4.69, 9.17) is 0 Å². The van der Waals surface area contributed by atoms with Crippen molar-refractivity contribution < 1.29 is 4.79 Å². The van der Waals surface area contributed by atoms with Gasteiger partial charge in [-0.05, 0) is 30.7 Å². The number of hydrogen-bond donors (Lipinski definition) is 2. The predicted octanol–water partition coefficient (Wildman–Crippen LogP) is 2.72. The van der Waals surface area contributed by atoms with Crippen LogP contribution in [-0.2, 0) is 6.54 Å². The minimum Gasteiger partial charge on any atom is -0.355 e. The van der Waals surface area contributed by atoms with Crippen molar-refractivity contribution in [3.8, 4) is 0 Å². The van der Waals surface area contributed by atoms with Gasteiger partial charge in [-0.2, -0.15) is 0 Å². The standard InChI is InChI=1S/C15H24N2O/c1-3-4-5-6-11-17-12-13-7-9-14(10-8-13)15(18)16-2/h7-10,17H,3-6,11-12H2,1-2H3,(H,16,18). The van der Waals surface area contributed by atoms with Crippen molar-refractivity contribution in [2.24, 2.45) is 0 Å². The Morgan fingerprint density at radius 2 is 1.83 bits per heavy atom. The summed E-state index contributed by atoms with van der Waals surface area (Å²) in [4.78, 5) is 11.4. The van der Waals surface area contributed by atoms with Crippen molar-refractivity contribution >= 4 is 5.91 Å². The van der Waals surface area contributed by atoms with Crippen LogP contribution in [0.1, 0.15) is 48.5 Å². The number of benzene rings is 1. The van der Waals surface area contributed by atoms with E-state index < -0.39 is 0 Å². The van der Waals surface area contributed by atoms with Crippen LogP contribution in [0.25, 0.3) is 0 Å². The van der Waals surface area contributed by atoms with E-state index in [1.165, 1.54) is 31.2 Å². The SMILES string of the molecule is CCCCCCNCc1ccc(C(=O)NC)cc1. The maximum absolute atomic E-state index is 11.4. The van der Waals surface area contributed by atoms with Crippen molar-refractivity contribution in [2.45, 2.75) is 39.2 Å². The lowest BCUT2D eigenvalue weighted by atomic mass is 10.1. The van der Waals surface area contributed by atoms with Crippen LogP contribution in [0.5, 0.6) is 0 Å². The van der Waals surface area contributed by atoms with Gasteiger partial charge in [0.15, 0.2) is 0 Å². The highest BCUT2D eigenvalue weighted by Crippen LogP contribution is 2.04.